The Morgan fingerprint density at radius 3 is 2.57 bits per heavy atom. The van der Waals surface area contributed by atoms with E-state index in [1.54, 1.807) is 0 Å². The molecule has 0 bridgehead atoms. The highest BCUT2D eigenvalue weighted by atomic mass is 19.3. The first kappa shape index (κ1) is 11.9. The summed E-state index contributed by atoms with van der Waals surface area (Å²) in [6, 6.07) is 0. The van der Waals surface area contributed by atoms with Crippen molar-refractivity contribution in [3.8, 4) is 0 Å². The van der Waals surface area contributed by atoms with Gasteiger partial charge in [0.15, 0.2) is 7.98 Å². The fourth-order valence-corrected chi connectivity index (χ4v) is 2.17. The molecule has 1 saturated heterocycles. The van der Waals surface area contributed by atoms with Gasteiger partial charge in [-0.25, -0.2) is 8.78 Å². The van der Waals surface area contributed by atoms with E-state index in [9.17, 15) is 8.78 Å². The summed E-state index contributed by atoms with van der Waals surface area (Å²) in [5.74, 6) is -2.64. The zero-order chi connectivity index (χ0) is 10.8. The standard InChI is InChI=1S/C9H17BF2N2/c1-8(3-4-13-2)5-9(11,12)7-14(10)6-8/h13H,3-7H2,1-2H3. The normalized spacial score (nSPS) is 33.1. The van der Waals surface area contributed by atoms with Crippen molar-refractivity contribution >= 4 is 7.98 Å². The van der Waals surface area contributed by atoms with E-state index in [1.807, 2.05) is 14.0 Å². The fraction of sp³-hybridized carbons (Fsp3) is 1.00. The molecule has 1 rings (SSSR count). The molecule has 0 saturated carbocycles. The van der Waals surface area contributed by atoms with E-state index < -0.39 is 5.92 Å². The van der Waals surface area contributed by atoms with Crippen molar-refractivity contribution in [2.75, 3.05) is 26.7 Å². The van der Waals surface area contributed by atoms with Crippen LogP contribution in [0.15, 0.2) is 0 Å². The first-order valence-electron chi connectivity index (χ1n) is 4.89. The van der Waals surface area contributed by atoms with Crippen LogP contribution in [0.3, 0.4) is 0 Å². The zero-order valence-electron chi connectivity index (χ0n) is 8.82. The van der Waals surface area contributed by atoms with Crippen LogP contribution in [0.25, 0.3) is 0 Å². The van der Waals surface area contributed by atoms with Crippen molar-refractivity contribution in [3.63, 3.8) is 0 Å². The molecule has 5 heteroatoms. The fourth-order valence-electron chi connectivity index (χ4n) is 2.17. The molecule has 80 valence electrons. The predicted octanol–water partition coefficient (Wildman–Crippen LogP) is 1.03. The van der Waals surface area contributed by atoms with Crippen LogP contribution < -0.4 is 5.32 Å². The van der Waals surface area contributed by atoms with Crippen molar-refractivity contribution in [1.29, 1.82) is 0 Å². The second-order valence-electron chi connectivity index (χ2n) is 4.60. The lowest BCUT2D eigenvalue weighted by molar-refractivity contribution is -0.0911. The van der Waals surface area contributed by atoms with Crippen LogP contribution in [0.2, 0.25) is 0 Å². The number of hydrogen-bond acceptors (Lipinski definition) is 2. The van der Waals surface area contributed by atoms with Crippen LogP contribution in [-0.2, 0) is 0 Å². The Bertz CT molecular complexity index is 201. The summed E-state index contributed by atoms with van der Waals surface area (Å²) in [5.41, 5.74) is -0.375. The molecule has 1 N–H and O–H groups in total. The van der Waals surface area contributed by atoms with Crippen molar-refractivity contribution in [1.82, 2.24) is 10.1 Å². The van der Waals surface area contributed by atoms with E-state index in [4.69, 9.17) is 7.98 Å². The van der Waals surface area contributed by atoms with Gasteiger partial charge in [0.1, 0.15) is 0 Å². The van der Waals surface area contributed by atoms with Crippen LogP contribution in [-0.4, -0.2) is 45.4 Å². The molecular weight excluding hydrogens is 185 g/mol. The van der Waals surface area contributed by atoms with Crippen molar-refractivity contribution in [3.05, 3.63) is 0 Å². The Morgan fingerprint density at radius 2 is 2.07 bits per heavy atom. The number of alkyl halides is 2. The molecule has 0 aromatic heterocycles. The first-order chi connectivity index (χ1) is 6.37. The molecule has 0 spiro atoms. The summed E-state index contributed by atoms with van der Waals surface area (Å²) in [6.45, 7) is 2.85. The SMILES string of the molecule is [B]N1CC(F)(F)CC(C)(CCNC)C1. The van der Waals surface area contributed by atoms with E-state index in [1.165, 1.54) is 4.81 Å². The summed E-state index contributed by atoms with van der Waals surface area (Å²) in [4.78, 5) is 1.24. The molecule has 1 heterocycles. The summed E-state index contributed by atoms with van der Waals surface area (Å²) < 4.78 is 26.5. The molecule has 1 aliphatic heterocycles. The molecule has 1 unspecified atom stereocenters. The van der Waals surface area contributed by atoms with Crippen LogP contribution >= 0.6 is 0 Å². The summed E-state index contributed by atoms with van der Waals surface area (Å²) in [7, 11) is 7.31. The Labute approximate surface area is 85.5 Å². The second kappa shape index (κ2) is 4.15. The van der Waals surface area contributed by atoms with E-state index in [0.29, 0.717) is 6.54 Å². The predicted molar refractivity (Wildman–Crippen MR) is 53.5 cm³/mol. The highest BCUT2D eigenvalue weighted by Crippen LogP contribution is 2.39. The molecule has 1 fully saturated rings. The quantitative estimate of drug-likeness (QED) is 0.687. The summed E-state index contributed by atoms with van der Waals surface area (Å²) in [5, 5.41) is 2.98. The molecule has 0 aromatic carbocycles. The molecule has 1 atom stereocenters. The average molecular weight is 202 g/mol. The average Bonchev–Trinajstić information content (AvgIpc) is 1.96. The van der Waals surface area contributed by atoms with Gasteiger partial charge in [0.2, 0.25) is 0 Å². The minimum absolute atomic E-state index is 0.0601. The van der Waals surface area contributed by atoms with Gasteiger partial charge in [-0.05, 0) is 32.0 Å². The molecule has 1 aliphatic rings. The maximum Gasteiger partial charge on any atom is 0.260 e. The molecular formula is C9H17BF2N2. The highest BCUT2D eigenvalue weighted by Gasteiger charge is 2.44. The Morgan fingerprint density at radius 1 is 1.43 bits per heavy atom. The number of rotatable bonds is 3. The van der Waals surface area contributed by atoms with Gasteiger partial charge in [-0.2, -0.15) is 0 Å². The largest absolute Gasteiger partial charge is 0.348 e. The monoisotopic (exact) mass is 202 g/mol. The van der Waals surface area contributed by atoms with Gasteiger partial charge in [0.05, 0.1) is 6.54 Å². The number of nitrogens with one attached hydrogen (secondary N) is 1. The van der Waals surface area contributed by atoms with Gasteiger partial charge in [0, 0.05) is 6.42 Å². The third-order valence-electron chi connectivity index (χ3n) is 2.68. The van der Waals surface area contributed by atoms with Crippen molar-refractivity contribution < 1.29 is 8.78 Å². The van der Waals surface area contributed by atoms with E-state index in [-0.39, 0.29) is 18.4 Å². The van der Waals surface area contributed by atoms with E-state index in [0.717, 1.165) is 13.0 Å². The smallest absolute Gasteiger partial charge is 0.260 e. The molecule has 0 amide bonds. The lowest BCUT2D eigenvalue weighted by Crippen LogP contribution is -2.51. The van der Waals surface area contributed by atoms with Gasteiger partial charge in [-0.1, -0.05) is 6.92 Å². The minimum Gasteiger partial charge on any atom is -0.348 e. The highest BCUT2D eigenvalue weighted by molar-refractivity contribution is 6.04. The Kier molecular flexibility index (Phi) is 3.53. The summed E-state index contributed by atoms with van der Waals surface area (Å²) in [6.07, 6.45) is 0.669. The zero-order valence-corrected chi connectivity index (χ0v) is 8.82. The molecule has 0 aliphatic carbocycles. The van der Waals surface area contributed by atoms with Crippen LogP contribution in [0, 0.1) is 5.41 Å². The van der Waals surface area contributed by atoms with E-state index >= 15 is 0 Å². The summed E-state index contributed by atoms with van der Waals surface area (Å²) >= 11 is 0. The maximum atomic E-state index is 13.2. The number of piperidine rings is 1. The minimum atomic E-state index is -2.64. The van der Waals surface area contributed by atoms with E-state index in [2.05, 4.69) is 5.32 Å². The Balaban J connectivity index is 2.59. The lowest BCUT2D eigenvalue weighted by Gasteiger charge is -2.43. The second-order valence-corrected chi connectivity index (χ2v) is 4.60. The van der Waals surface area contributed by atoms with Gasteiger partial charge < -0.3 is 10.1 Å². The van der Waals surface area contributed by atoms with Gasteiger partial charge in [0.25, 0.3) is 5.92 Å². The molecule has 2 radical (unpaired) electrons. The van der Waals surface area contributed by atoms with Gasteiger partial charge in [-0.15, -0.1) is 0 Å². The number of hydrogen-bond donors (Lipinski definition) is 1. The van der Waals surface area contributed by atoms with Crippen molar-refractivity contribution in [2.45, 2.75) is 25.7 Å². The molecule has 2 nitrogen and oxygen atoms in total. The first-order valence-corrected chi connectivity index (χ1v) is 4.89. The number of nitrogens with zero attached hydrogens (tertiary/aromatic N) is 1. The van der Waals surface area contributed by atoms with Gasteiger partial charge >= 0.3 is 0 Å². The lowest BCUT2D eigenvalue weighted by atomic mass is 9.76. The van der Waals surface area contributed by atoms with Crippen molar-refractivity contribution in [2.24, 2.45) is 5.41 Å². The van der Waals surface area contributed by atoms with Gasteiger partial charge in [-0.3, -0.25) is 0 Å². The van der Waals surface area contributed by atoms with Crippen LogP contribution in [0.4, 0.5) is 8.78 Å². The maximum absolute atomic E-state index is 13.2. The van der Waals surface area contributed by atoms with Crippen LogP contribution in [0.1, 0.15) is 19.8 Å². The Hall–Kier alpha value is -0.155. The molecule has 0 aromatic rings. The topological polar surface area (TPSA) is 15.3 Å². The molecule has 14 heavy (non-hydrogen) atoms. The number of halogens is 2. The third kappa shape index (κ3) is 3.21. The van der Waals surface area contributed by atoms with Crippen LogP contribution in [0.5, 0.6) is 0 Å². The third-order valence-corrected chi connectivity index (χ3v) is 2.68.